The Morgan fingerprint density at radius 3 is 2.50 bits per heavy atom. The molecule has 0 spiro atoms. The van der Waals surface area contributed by atoms with Gasteiger partial charge in [-0.1, -0.05) is 23.8 Å². The lowest BCUT2D eigenvalue weighted by atomic mass is 10.1. The molecular weight excluding hydrogens is 232 g/mol. The van der Waals surface area contributed by atoms with E-state index in [1.807, 2.05) is 32.0 Å². The summed E-state index contributed by atoms with van der Waals surface area (Å²) in [6.45, 7) is 4.08. The molecule has 1 aromatic rings. The van der Waals surface area contributed by atoms with E-state index in [0.717, 1.165) is 16.7 Å². The molecule has 0 fully saturated rings. The highest BCUT2D eigenvalue weighted by Crippen LogP contribution is 2.13. The van der Waals surface area contributed by atoms with E-state index in [9.17, 15) is 9.59 Å². The van der Waals surface area contributed by atoms with E-state index in [4.69, 9.17) is 10.8 Å². The molecule has 1 amide bonds. The zero-order chi connectivity index (χ0) is 13.7. The molecule has 0 aliphatic rings. The zero-order valence-electron chi connectivity index (χ0n) is 10.6. The molecule has 0 unspecified atom stereocenters. The summed E-state index contributed by atoms with van der Waals surface area (Å²) in [4.78, 5) is 23.2. The number of rotatable bonds is 6. The minimum Gasteiger partial charge on any atom is -0.480 e. The van der Waals surface area contributed by atoms with E-state index >= 15 is 0 Å². The number of nitrogens with two attached hydrogens (primary N) is 1. The normalized spacial score (nSPS) is 10.6. The predicted octanol–water partition coefficient (Wildman–Crippen LogP) is 0.675. The smallest absolute Gasteiger partial charge is 0.317 e. The molecule has 3 N–H and O–H groups in total. The Kier molecular flexibility index (Phi) is 4.85. The number of hydrogen-bond donors (Lipinski definition) is 2. The van der Waals surface area contributed by atoms with Crippen LogP contribution in [0.2, 0.25) is 0 Å². The fraction of sp³-hybridized carbons (Fsp3) is 0.385. The minimum atomic E-state index is -0.971. The van der Waals surface area contributed by atoms with Gasteiger partial charge in [-0.3, -0.25) is 14.5 Å². The van der Waals surface area contributed by atoms with Crippen molar-refractivity contribution in [2.75, 3.05) is 13.1 Å². The first-order valence-electron chi connectivity index (χ1n) is 5.67. The second-order valence-corrected chi connectivity index (χ2v) is 4.44. The van der Waals surface area contributed by atoms with Crippen LogP contribution >= 0.6 is 0 Å². The molecule has 0 aromatic heterocycles. The highest BCUT2D eigenvalue weighted by molar-refractivity contribution is 5.77. The Hall–Kier alpha value is -1.88. The van der Waals surface area contributed by atoms with Crippen LogP contribution in [-0.2, 0) is 16.1 Å². The topological polar surface area (TPSA) is 83.6 Å². The van der Waals surface area contributed by atoms with Gasteiger partial charge >= 0.3 is 5.97 Å². The molecule has 0 atom stereocenters. The second-order valence-electron chi connectivity index (χ2n) is 4.44. The van der Waals surface area contributed by atoms with E-state index in [-0.39, 0.29) is 13.1 Å². The average Bonchev–Trinajstić information content (AvgIpc) is 2.21. The van der Waals surface area contributed by atoms with E-state index in [1.165, 1.54) is 4.90 Å². The van der Waals surface area contributed by atoms with Crippen LogP contribution in [0.1, 0.15) is 16.7 Å². The number of aliphatic carboxylic acids is 1. The van der Waals surface area contributed by atoms with Gasteiger partial charge in [-0.25, -0.2) is 0 Å². The molecule has 98 valence electrons. The minimum absolute atomic E-state index is 0.0559. The van der Waals surface area contributed by atoms with Gasteiger partial charge in [0, 0.05) is 6.54 Å². The van der Waals surface area contributed by atoms with Gasteiger partial charge in [0.05, 0.1) is 13.1 Å². The third kappa shape index (κ3) is 4.55. The van der Waals surface area contributed by atoms with Crippen LogP contribution in [0, 0.1) is 13.8 Å². The average molecular weight is 250 g/mol. The quantitative estimate of drug-likeness (QED) is 0.777. The summed E-state index contributed by atoms with van der Waals surface area (Å²) in [7, 11) is 0. The fourth-order valence-corrected chi connectivity index (χ4v) is 1.79. The number of carboxylic acid groups (broad SMARTS) is 1. The van der Waals surface area contributed by atoms with E-state index < -0.39 is 11.9 Å². The number of primary amides is 1. The number of nitrogens with zero attached hydrogens (tertiary/aromatic N) is 1. The lowest BCUT2D eigenvalue weighted by Crippen LogP contribution is -2.37. The van der Waals surface area contributed by atoms with Crippen LogP contribution in [0.5, 0.6) is 0 Å². The monoisotopic (exact) mass is 250 g/mol. The van der Waals surface area contributed by atoms with Crippen molar-refractivity contribution in [3.63, 3.8) is 0 Å². The van der Waals surface area contributed by atoms with Crippen molar-refractivity contribution < 1.29 is 14.7 Å². The van der Waals surface area contributed by atoms with Gasteiger partial charge in [-0.15, -0.1) is 0 Å². The van der Waals surface area contributed by atoms with Gasteiger partial charge in [-0.2, -0.15) is 0 Å². The summed E-state index contributed by atoms with van der Waals surface area (Å²) in [6.07, 6.45) is 0. The van der Waals surface area contributed by atoms with Crippen LogP contribution in [-0.4, -0.2) is 35.0 Å². The number of carbonyl (C=O) groups excluding carboxylic acids is 1. The molecule has 0 aliphatic carbocycles. The molecular formula is C13H18N2O3. The van der Waals surface area contributed by atoms with Gasteiger partial charge in [0.25, 0.3) is 0 Å². The maximum Gasteiger partial charge on any atom is 0.317 e. The Balaban J connectivity index is 2.84. The molecule has 1 rings (SSSR count). The second kappa shape index (κ2) is 6.16. The summed E-state index contributed by atoms with van der Waals surface area (Å²) in [5, 5.41) is 8.80. The van der Waals surface area contributed by atoms with Crippen LogP contribution in [0.4, 0.5) is 0 Å². The van der Waals surface area contributed by atoms with Crippen molar-refractivity contribution >= 4 is 11.9 Å². The number of aryl methyl sites for hydroxylation is 2. The molecule has 0 saturated heterocycles. The molecule has 0 radical (unpaired) electrons. The van der Waals surface area contributed by atoms with Gasteiger partial charge in [0.2, 0.25) is 5.91 Å². The SMILES string of the molecule is Cc1ccc(C)c(CN(CC(N)=O)CC(=O)O)c1. The highest BCUT2D eigenvalue weighted by Gasteiger charge is 2.13. The lowest BCUT2D eigenvalue weighted by Gasteiger charge is -2.20. The molecule has 0 saturated carbocycles. The third-order valence-corrected chi connectivity index (χ3v) is 2.64. The first kappa shape index (κ1) is 14.2. The standard InChI is InChI=1S/C13H18N2O3/c1-9-3-4-10(2)11(5-9)6-15(7-12(14)16)8-13(17)18/h3-5H,6-8H2,1-2H3,(H2,14,16)(H,17,18). The molecule has 5 nitrogen and oxygen atoms in total. The van der Waals surface area contributed by atoms with Crippen molar-refractivity contribution in [3.8, 4) is 0 Å². The summed E-state index contributed by atoms with van der Waals surface area (Å²) in [5.74, 6) is -1.50. The molecule has 0 aliphatic heterocycles. The van der Waals surface area contributed by atoms with Crippen LogP contribution in [0.25, 0.3) is 0 Å². The number of carboxylic acids is 1. The van der Waals surface area contributed by atoms with Crippen LogP contribution in [0.3, 0.4) is 0 Å². The number of benzene rings is 1. The zero-order valence-corrected chi connectivity index (χ0v) is 10.6. The maximum atomic E-state index is 10.9. The summed E-state index contributed by atoms with van der Waals surface area (Å²) in [5.41, 5.74) is 8.30. The molecule has 18 heavy (non-hydrogen) atoms. The third-order valence-electron chi connectivity index (χ3n) is 2.64. The Bertz CT molecular complexity index is 442. The Morgan fingerprint density at radius 2 is 1.94 bits per heavy atom. The lowest BCUT2D eigenvalue weighted by molar-refractivity contribution is -0.138. The first-order chi connectivity index (χ1) is 8.38. The van der Waals surface area contributed by atoms with Gasteiger partial charge in [0.15, 0.2) is 0 Å². The Morgan fingerprint density at radius 1 is 1.28 bits per heavy atom. The number of carbonyl (C=O) groups is 2. The van der Waals surface area contributed by atoms with Crippen molar-refractivity contribution in [1.82, 2.24) is 4.90 Å². The van der Waals surface area contributed by atoms with Gasteiger partial charge in [-0.05, 0) is 25.0 Å². The highest BCUT2D eigenvalue weighted by atomic mass is 16.4. The van der Waals surface area contributed by atoms with E-state index in [1.54, 1.807) is 0 Å². The Labute approximate surface area is 106 Å². The molecule has 0 bridgehead atoms. The fourth-order valence-electron chi connectivity index (χ4n) is 1.79. The number of hydrogen-bond acceptors (Lipinski definition) is 3. The van der Waals surface area contributed by atoms with Crippen molar-refractivity contribution in [2.45, 2.75) is 20.4 Å². The summed E-state index contributed by atoms with van der Waals surface area (Å²) in [6, 6.07) is 5.97. The van der Waals surface area contributed by atoms with Crippen molar-refractivity contribution in [1.29, 1.82) is 0 Å². The van der Waals surface area contributed by atoms with Crippen LogP contribution in [0.15, 0.2) is 18.2 Å². The first-order valence-corrected chi connectivity index (χ1v) is 5.67. The molecule has 0 heterocycles. The van der Waals surface area contributed by atoms with Crippen molar-refractivity contribution in [2.24, 2.45) is 5.73 Å². The van der Waals surface area contributed by atoms with E-state index in [2.05, 4.69) is 0 Å². The summed E-state index contributed by atoms with van der Waals surface area (Å²) >= 11 is 0. The van der Waals surface area contributed by atoms with Crippen molar-refractivity contribution in [3.05, 3.63) is 34.9 Å². The largest absolute Gasteiger partial charge is 0.480 e. The number of amides is 1. The predicted molar refractivity (Wildman–Crippen MR) is 68.0 cm³/mol. The van der Waals surface area contributed by atoms with E-state index in [0.29, 0.717) is 6.54 Å². The van der Waals surface area contributed by atoms with Gasteiger partial charge < -0.3 is 10.8 Å². The van der Waals surface area contributed by atoms with Gasteiger partial charge in [0.1, 0.15) is 0 Å². The maximum absolute atomic E-state index is 10.9. The molecule has 5 heteroatoms. The summed E-state index contributed by atoms with van der Waals surface area (Å²) < 4.78 is 0. The molecule has 1 aromatic carbocycles. The van der Waals surface area contributed by atoms with Crippen LogP contribution < -0.4 is 5.73 Å².